The molecule has 1 N–H and O–H groups in total. The van der Waals surface area contributed by atoms with Gasteiger partial charge in [0, 0.05) is 19.0 Å². The molecule has 0 amide bonds. The summed E-state index contributed by atoms with van der Waals surface area (Å²) in [7, 11) is 1.68. The van der Waals surface area contributed by atoms with E-state index in [1.807, 2.05) is 12.1 Å². The van der Waals surface area contributed by atoms with Crippen LogP contribution in [0.2, 0.25) is 0 Å². The van der Waals surface area contributed by atoms with Gasteiger partial charge in [-0.15, -0.1) is 0 Å². The molecule has 0 spiro atoms. The van der Waals surface area contributed by atoms with Crippen molar-refractivity contribution in [2.75, 3.05) is 20.3 Å². The van der Waals surface area contributed by atoms with E-state index >= 15 is 0 Å². The van der Waals surface area contributed by atoms with Gasteiger partial charge in [0.25, 0.3) is 0 Å². The largest absolute Gasteiger partial charge is 0.493 e. The summed E-state index contributed by atoms with van der Waals surface area (Å²) in [5.74, 6) is 2.75. The SMILES string of the molecule is COc1cccc2c1OC[C@H](NCc1ccc3c(c1)CCO3)C2. The molecule has 0 saturated carbocycles. The highest BCUT2D eigenvalue weighted by Gasteiger charge is 2.22. The van der Waals surface area contributed by atoms with Crippen LogP contribution in [0.1, 0.15) is 16.7 Å². The summed E-state index contributed by atoms with van der Waals surface area (Å²) in [4.78, 5) is 0. The Balaban J connectivity index is 1.41. The van der Waals surface area contributed by atoms with E-state index in [0.29, 0.717) is 12.6 Å². The van der Waals surface area contributed by atoms with Crippen LogP contribution >= 0.6 is 0 Å². The number of fused-ring (bicyclic) bond motifs is 2. The fourth-order valence-electron chi connectivity index (χ4n) is 3.30. The highest BCUT2D eigenvalue weighted by atomic mass is 16.5. The molecule has 2 aromatic carbocycles. The Morgan fingerprint density at radius 3 is 3.04 bits per heavy atom. The highest BCUT2D eigenvalue weighted by Crippen LogP contribution is 2.34. The minimum absolute atomic E-state index is 0.319. The van der Waals surface area contributed by atoms with E-state index in [-0.39, 0.29) is 0 Å². The number of ether oxygens (including phenoxy) is 3. The lowest BCUT2D eigenvalue weighted by Crippen LogP contribution is -2.38. The molecule has 0 unspecified atom stereocenters. The zero-order valence-corrected chi connectivity index (χ0v) is 13.3. The molecule has 4 rings (SSSR count). The molecule has 120 valence electrons. The molecule has 1 atom stereocenters. The van der Waals surface area contributed by atoms with Crippen LogP contribution in [0, 0.1) is 0 Å². The van der Waals surface area contributed by atoms with Gasteiger partial charge in [-0.25, -0.2) is 0 Å². The fraction of sp³-hybridized carbons (Fsp3) is 0.368. The maximum absolute atomic E-state index is 5.91. The average molecular weight is 311 g/mol. The van der Waals surface area contributed by atoms with E-state index < -0.39 is 0 Å². The number of benzene rings is 2. The second-order valence-corrected chi connectivity index (χ2v) is 6.08. The molecule has 0 saturated heterocycles. The van der Waals surface area contributed by atoms with Crippen molar-refractivity contribution in [2.24, 2.45) is 0 Å². The molecule has 2 aliphatic heterocycles. The number of hydrogen-bond donors (Lipinski definition) is 1. The first-order chi connectivity index (χ1) is 11.3. The predicted octanol–water partition coefficient (Wildman–Crippen LogP) is 2.72. The van der Waals surface area contributed by atoms with Crippen LogP contribution in [0.5, 0.6) is 17.2 Å². The van der Waals surface area contributed by atoms with Crippen LogP contribution in [0.3, 0.4) is 0 Å². The van der Waals surface area contributed by atoms with Crippen LogP contribution in [0.4, 0.5) is 0 Å². The quantitative estimate of drug-likeness (QED) is 0.942. The summed E-state index contributed by atoms with van der Waals surface area (Å²) in [5.41, 5.74) is 3.82. The van der Waals surface area contributed by atoms with Crippen molar-refractivity contribution in [3.05, 3.63) is 53.1 Å². The molecule has 0 bridgehead atoms. The molecular formula is C19H21NO3. The first-order valence-electron chi connectivity index (χ1n) is 8.10. The Labute approximate surface area is 136 Å². The van der Waals surface area contributed by atoms with E-state index in [2.05, 4.69) is 29.6 Å². The Kier molecular flexibility index (Phi) is 3.83. The molecule has 0 radical (unpaired) electrons. The van der Waals surface area contributed by atoms with Gasteiger partial charge in [0.1, 0.15) is 12.4 Å². The summed E-state index contributed by atoms with van der Waals surface area (Å²) in [6, 6.07) is 12.9. The summed E-state index contributed by atoms with van der Waals surface area (Å²) < 4.78 is 16.8. The van der Waals surface area contributed by atoms with Gasteiger partial charge in [-0.2, -0.15) is 0 Å². The molecule has 4 nitrogen and oxygen atoms in total. The number of para-hydroxylation sites is 1. The molecule has 2 aromatic rings. The lowest BCUT2D eigenvalue weighted by atomic mass is 10.0. The van der Waals surface area contributed by atoms with Crippen molar-refractivity contribution in [1.82, 2.24) is 5.32 Å². The van der Waals surface area contributed by atoms with Gasteiger partial charge in [-0.05, 0) is 35.2 Å². The van der Waals surface area contributed by atoms with Crippen LogP contribution in [0.15, 0.2) is 36.4 Å². The molecule has 0 aromatic heterocycles. The second kappa shape index (κ2) is 6.13. The summed E-state index contributed by atoms with van der Waals surface area (Å²) in [6.07, 6.45) is 1.98. The number of methoxy groups -OCH3 is 1. The van der Waals surface area contributed by atoms with Crippen molar-refractivity contribution in [2.45, 2.75) is 25.4 Å². The Morgan fingerprint density at radius 1 is 1.17 bits per heavy atom. The molecule has 0 aliphatic carbocycles. The predicted molar refractivity (Wildman–Crippen MR) is 88.5 cm³/mol. The van der Waals surface area contributed by atoms with Crippen molar-refractivity contribution in [3.8, 4) is 17.2 Å². The minimum atomic E-state index is 0.319. The Hall–Kier alpha value is -2.20. The van der Waals surface area contributed by atoms with Gasteiger partial charge in [-0.1, -0.05) is 24.3 Å². The number of hydrogen-bond acceptors (Lipinski definition) is 4. The molecule has 2 heterocycles. The maximum atomic E-state index is 5.91. The van der Waals surface area contributed by atoms with Gasteiger partial charge in [0.05, 0.1) is 13.7 Å². The van der Waals surface area contributed by atoms with Crippen LogP contribution in [-0.2, 0) is 19.4 Å². The normalized spacial score (nSPS) is 18.6. The van der Waals surface area contributed by atoms with Gasteiger partial charge in [0.2, 0.25) is 0 Å². The Morgan fingerprint density at radius 2 is 2.13 bits per heavy atom. The van der Waals surface area contributed by atoms with Gasteiger partial charge in [-0.3, -0.25) is 0 Å². The smallest absolute Gasteiger partial charge is 0.164 e. The first-order valence-corrected chi connectivity index (χ1v) is 8.10. The third kappa shape index (κ3) is 2.86. The summed E-state index contributed by atoms with van der Waals surface area (Å²) in [5, 5.41) is 3.60. The third-order valence-electron chi connectivity index (χ3n) is 4.52. The summed E-state index contributed by atoms with van der Waals surface area (Å²) >= 11 is 0. The van der Waals surface area contributed by atoms with E-state index in [1.54, 1.807) is 7.11 Å². The topological polar surface area (TPSA) is 39.7 Å². The molecule has 2 aliphatic rings. The van der Waals surface area contributed by atoms with E-state index in [9.17, 15) is 0 Å². The highest BCUT2D eigenvalue weighted by molar-refractivity contribution is 5.48. The van der Waals surface area contributed by atoms with Gasteiger partial charge < -0.3 is 19.5 Å². The number of nitrogens with one attached hydrogen (secondary N) is 1. The third-order valence-corrected chi connectivity index (χ3v) is 4.52. The monoisotopic (exact) mass is 311 g/mol. The van der Waals surface area contributed by atoms with Crippen LogP contribution < -0.4 is 19.5 Å². The Bertz CT molecular complexity index is 714. The van der Waals surface area contributed by atoms with Gasteiger partial charge >= 0.3 is 0 Å². The molecule has 23 heavy (non-hydrogen) atoms. The van der Waals surface area contributed by atoms with E-state index in [4.69, 9.17) is 14.2 Å². The fourth-order valence-corrected chi connectivity index (χ4v) is 3.30. The lowest BCUT2D eigenvalue weighted by molar-refractivity contribution is 0.226. The standard InChI is InChI=1S/C19H21NO3/c1-21-18-4-2-3-15-10-16(12-23-19(15)18)20-11-13-5-6-17-14(9-13)7-8-22-17/h2-6,9,16,20H,7-8,10-12H2,1H3/t16-/m1/s1. The molecule has 0 fully saturated rings. The average Bonchev–Trinajstić information content (AvgIpc) is 3.06. The van der Waals surface area contributed by atoms with Crippen molar-refractivity contribution in [3.63, 3.8) is 0 Å². The van der Waals surface area contributed by atoms with Crippen molar-refractivity contribution >= 4 is 0 Å². The van der Waals surface area contributed by atoms with Crippen molar-refractivity contribution < 1.29 is 14.2 Å². The summed E-state index contributed by atoms with van der Waals surface area (Å²) in [6.45, 7) is 2.32. The lowest BCUT2D eigenvalue weighted by Gasteiger charge is -2.27. The van der Waals surface area contributed by atoms with Crippen LogP contribution in [-0.4, -0.2) is 26.4 Å². The zero-order chi connectivity index (χ0) is 15.6. The second-order valence-electron chi connectivity index (χ2n) is 6.08. The van der Waals surface area contributed by atoms with E-state index in [0.717, 1.165) is 43.2 Å². The first kappa shape index (κ1) is 14.4. The number of rotatable bonds is 4. The maximum Gasteiger partial charge on any atom is 0.164 e. The minimum Gasteiger partial charge on any atom is -0.493 e. The van der Waals surface area contributed by atoms with Crippen LogP contribution in [0.25, 0.3) is 0 Å². The van der Waals surface area contributed by atoms with Crippen molar-refractivity contribution in [1.29, 1.82) is 0 Å². The zero-order valence-electron chi connectivity index (χ0n) is 13.3. The van der Waals surface area contributed by atoms with Gasteiger partial charge in [0.15, 0.2) is 11.5 Å². The molecular weight excluding hydrogens is 290 g/mol. The molecule has 4 heteroatoms. The van der Waals surface area contributed by atoms with E-state index in [1.165, 1.54) is 16.7 Å².